The minimum atomic E-state index is -0.460. The number of fused-ring (bicyclic) bond motifs is 1. The number of amides is 1. The number of nitrogens with two attached hydrogens (primary N) is 1. The Balaban J connectivity index is 2.67. The average molecular weight is 281 g/mol. The van der Waals surface area contributed by atoms with Gasteiger partial charge in [0.2, 0.25) is 5.91 Å². The van der Waals surface area contributed by atoms with Gasteiger partial charge in [-0.25, -0.2) is 9.97 Å². The monoisotopic (exact) mass is 280 g/mol. The molecule has 0 aliphatic rings. The van der Waals surface area contributed by atoms with Crippen LogP contribution < -0.4 is 5.73 Å². The number of imidazole rings is 1. The van der Waals surface area contributed by atoms with E-state index in [0.29, 0.717) is 17.9 Å². The van der Waals surface area contributed by atoms with Crippen LogP contribution in [0.15, 0.2) is 18.3 Å². The molecule has 0 saturated heterocycles. The molecule has 1 amide bonds. The van der Waals surface area contributed by atoms with Crippen molar-refractivity contribution in [2.24, 2.45) is 11.7 Å². The van der Waals surface area contributed by atoms with E-state index in [-0.39, 0.29) is 11.8 Å². The van der Waals surface area contributed by atoms with Crippen LogP contribution in [0, 0.1) is 5.92 Å². The number of alkyl halides is 1. The van der Waals surface area contributed by atoms with E-state index in [2.05, 4.69) is 9.97 Å². The largest absolute Gasteiger partial charge is 0.368 e. The van der Waals surface area contributed by atoms with E-state index in [1.165, 1.54) is 0 Å². The normalized spacial score (nSPS) is 13.1. The summed E-state index contributed by atoms with van der Waals surface area (Å²) in [6.45, 7) is 3.91. The summed E-state index contributed by atoms with van der Waals surface area (Å²) in [7, 11) is 0. The molecule has 0 spiro atoms. The van der Waals surface area contributed by atoms with Gasteiger partial charge in [0.25, 0.3) is 0 Å². The van der Waals surface area contributed by atoms with Crippen molar-refractivity contribution in [2.75, 3.05) is 5.88 Å². The summed E-state index contributed by atoms with van der Waals surface area (Å²) in [6, 6.07) is 3.23. The highest BCUT2D eigenvalue weighted by Crippen LogP contribution is 2.25. The number of hydrogen-bond acceptors (Lipinski definition) is 3. The lowest BCUT2D eigenvalue weighted by molar-refractivity contribution is -0.122. The Morgan fingerprint density at radius 2 is 2.26 bits per heavy atom. The number of rotatable bonds is 5. The summed E-state index contributed by atoms with van der Waals surface area (Å²) in [6.07, 6.45) is 2.26. The second kappa shape index (κ2) is 5.57. The molecular formula is C13H17ClN4O. The van der Waals surface area contributed by atoms with Crippen molar-refractivity contribution in [2.45, 2.75) is 26.3 Å². The van der Waals surface area contributed by atoms with Crippen molar-refractivity contribution < 1.29 is 4.79 Å². The van der Waals surface area contributed by atoms with Gasteiger partial charge in [0.15, 0.2) is 5.65 Å². The SMILES string of the molecule is CC(C)C(C(N)=O)n1c(CCCl)nc2cccnc21. The lowest BCUT2D eigenvalue weighted by Crippen LogP contribution is -2.31. The topological polar surface area (TPSA) is 73.8 Å². The van der Waals surface area contributed by atoms with E-state index in [9.17, 15) is 4.79 Å². The molecule has 0 aromatic carbocycles. The highest BCUT2D eigenvalue weighted by Gasteiger charge is 2.26. The zero-order valence-electron chi connectivity index (χ0n) is 11.0. The molecule has 0 aliphatic carbocycles. The minimum Gasteiger partial charge on any atom is -0.368 e. The van der Waals surface area contributed by atoms with Crippen LogP contribution in [0.2, 0.25) is 0 Å². The summed E-state index contributed by atoms with van der Waals surface area (Å²) in [4.78, 5) is 20.6. The maximum Gasteiger partial charge on any atom is 0.240 e. The van der Waals surface area contributed by atoms with Gasteiger partial charge in [-0.3, -0.25) is 9.36 Å². The highest BCUT2D eigenvalue weighted by molar-refractivity contribution is 6.17. The molecule has 1 unspecified atom stereocenters. The van der Waals surface area contributed by atoms with Crippen molar-refractivity contribution in [1.82, 2.24) is 14.5 Å². The molecule has 19 heavy (non-hydrogen) atoms. The maximum absolute atomic E-state index is 11.8. The Morgan fingerprint density at radius 3 is 2.84 bits per heavy atom. The van der Waals surface area contributed by atoms with Crippen LogP contribution in [-0.4, -0.2) is 26.3 Å². The first-order valence-electron chi connectivity index (χ1n) is 6.23. The second-order valence-electron chi connectivity index (χ2n) is 4.77. The zero-order valence-corrected chi connectivity index (χ0v) is 11.8. The summed E-state index contributed by atoms with van der Waals surface area (Å²) >= 11 is 5.81. The lowest BCUT2D eigenvalue weighted by Gasteiger charge is -2.21. The molecule has 2 aromatic heterocycles. The van der Waals surface area contributed by atoms with E-state index in [1.54, 1.807) is 6.20 Å². The Morgan fingerprint density at radius 1 is 1.53 bits per heavy atom. The van der Waals surface area contributed by atoms with Crippen LogP contribution >= 0.6 is 11.6 Å². The predicted molar refractivity (Wildman–Crippen MR) is 75.0 cm³/mol. The molecule has 2 heterocycles. The Kier molecular flexibility index (Phi) is 4.04. The maximum atomic E-state index is 11.8. The zero-order chi connectivity index (χ0) is 14.0. The number of carbonyl (C=O) groups excluding carboxylic acids is 1. The molecule has 0 radical (unpaired) electrons. The smallest absolute Gasteiger partial charge is 0.240 e. The molecule has 2 N–H and O–H groups in total. The lowest BCUT2D eigenvalue weighted by atomic mass is 10.0. The second-order valence-corrected chi connectivity index (χ2v) is 5.15. The highest BCUT2D eigenvalue weighted by atomic mass is 35.5. The molecule has 1 atom stereocenters. The number of halogens is 1. The van der Waals surface area contributed by atoms with Crippen molar-refractivity contribution >= 4 is 28.7 Å². The molecule has 0 bridgehead atoms. The number of carbonyl (C=O) groups is 1. The number of aryl methyl sites for hydroxylation is 1. The summed E-state index contributed by atoms with van der Waals surface area (Å²) in [5.41, 5.74) is 6.98. The third-order valence-electron chi connectivity index (χ3n) is 3.04. The fourth-order valence-electron chi connectivity index (χ4n) is 2.28. The Hall–Kier alpha value is -1.62. The van der Waals surface area contributed by atoms with Gasteiger partial charge in [0.05, 0.1) is 0 Å². The van der Waals surface area contributed by atoms with Crippen LogP contribution in [0.25, 0.3) is 11.2 Å². The van der Waals surface area contributed by atoms with Gasteiger partial charge in [-0.15, -0.1) is 11.6 Å². The number of aromatic nitrogens is 3. The van der Waals surface area contributed by atoms with Gasteiger partial charge in [-0.05, 0) is 18.1 Å². The Labute approximate surface area is 116 Å². The summed E-state index contributed by atoms with van der Waals surface area (Å²) in [5, 5.41) is 0. The van der Waals surface area contributed by atoms with Crippen LogP contribution in [0.1, 0.15) is 25.7 Å². The molecular weight excluding hydrogens is 264 g/mol. The van der Waals surface area contributed by atoms with Gasteiger partial charge in [-0.2, -0.15) is 0 Å². The van der Waals surface area contributed by atoms with Crippen molar-refractivity contribution in [1.29, 1.82) is 0 Å². The molecule has 6 heteroatoms. The number of hydrogen-bond donors (Lipinski definition) is 1. The molecule has 0 saturated carbocycles. The molecule has 5 nitrogen and oxygen atoms in total. The van der Waals surface area contributed by atoms with Gasteiger partial charge < -0.3 is 5.73 Å². The third-order valence-corrected chi connectivity index (χ3v) is 3.23. The average Bonchev–Trinajstić information content (AvgIpc) is 2.68. The molecule has 102 valence electrons. The van der Waals surface area contributed by atoms with E-state index in [4.69, 9.17) is 17.3 Å². The first kappa shape index (κ1) is 13.8. The molecule has 0 aliphatic heterocycles. The van der Waals surface area contributed by atoms with Crippen molar-refractivity contribution in [3.8, 4) is 0 Å². The number of pyridine rings is 1. The fraction of sp³-hybridized carbons (Fsp3) is 0.462. The number of nitrogens with zero attached hydrogens (tertiary/aromatic N) is 3. The van der Waals surface area contributed by atoms with Crippen LogP contribution in [0.4, 0.5) is 0 Å². The first-order valence-corrected chi connectivity index (χ1v) is 6.76. The van der Waals surface area contributed by atoms with E-state index in [0.717, 1.165) is 11.3 Å². The summed E-state index contributed by atoms with van der Waals surface area (Å²) in [5.74, 6) is 0.871. The van der Waals surface area contributed by atoms with Crippen molar-refractivity contribution in [3.05, 3.63) is 24.2 Å². The molecule has 2 rings (SSSR count). The van der Waals surface area contributed by atoms with Gasteiger partial charge in [-0.1, -0.05) is 13.8 Å². The van der Waals surface area contributed by atoms with E-state index in [1.807, 2.05) is 30.5 Å². The minimum absolute atomic E-state index is 0.0611. The molecule has 0 fully saturated rings. The summed E-state index contributed by atoms with van der Waals surface area (Å²) < 4.78 is 1.82. The Bertz CT molecular complexity index is 593. The third kappa shape index (κ3) is 2.56. The van der Waals surface area contributed by atoms with Gasteiger partial charge in [0.1, 0.15) is 17.4 Å². The van der Waals surface area contributed by atoms with Crippen LogP contribution in [0.5, 0.6) is 0 Å². The quantitative estimate of drug-likeness (QED) is 0.850. The van der Waals surface area contributed by atoms with Crippen LogP contribution in [0.3, 0.4) is 0 Å². The van der Waals surface area contributed by atoms with Gasteiger partial charge >= 0.3 is 0 Å². The van der Waals surface area contributed by atoms with Gasteiger partial charge in [0, 0.05) is 18.5 Å². The fourth-order valence-corrected chi connectivity index (χ4v) is 2.45. The standard InChI is InChI=1S/C13H17ClN4O/c1-8(2)11(12(15)19)18-10(5-6-14)17-9-4-3-7-16-13(9)18/h3-4,7-8,11H,5-6H2,1-2H3,(H2,15,19). The van der Waals surface area contributed by atoms with E-state index < -0.39 is 6.04 Å². The first-order chi connectivity index (χ1) is 9.06. The van der Waals surface area contributed by atoms with E-state index >= 15 is 0 Å². The van der Waals surface area contributed by atoms with Crippen molar-refractivity contribution in [3.63, 3.8) is 0 Å². The van der Waals surface area contributed by atoms with Crippen LogP contribution in [-0.2, 0) is 11.2 Å². The number of primary amides is 1. The predicted octanol–water partition coefficient (Wildman–Crippen LogP) is 1.89. The molecule has 2 aromatic rings.